The first-order valence-electron chi connectivity index (χ1n) is 6.12. The maximum Gasteiger partial charge on any atom is 0.328 e. The number of carboxylic acids is 1. The van der Waals surface area contributed by atoms with Crippen LogP contribution in [0.2, 0.25) is 0 Å². The molecule has 0 fully saturated rings. The largest absolute Gasteiger partial charge is 0.478 e. The lowest BCUT2D eigenvalue weighted by Gasteiger charge is -2.15. The molecule has 110 valence electrons. The molecule has 1 amide bonds. The van der Waals surface area contributed by atoms with E-state index in [-0.39, 0.29) is 5.91 Å². The van der Waals surface area contributed by atoms with Gasteiger partial charge in [0.15, 0.2) is 0 Å². The molecule has 21 heavy (non-hydrogen) atoms. The molecular weight excluding hydrogens is 292 g/mol. The van der Waals surface area contributed by atoms with Gasteiger partial charge in [-0.05, 0) is 30.0 Å². The van der Waals surface area contributed by atoms with Crippen molar-refractivity contribution in [3.8, 4) is 0 Å². The Bertz CT molecular complexity index is 687. The fourth-order valence-electron chi connectivity index (χ4n) is 1.77. The lowest BCUT2D eigenvalue weighted by Crippen LogP contribution is -2.26. The number of aromatic nitrogens is 1. The minimum Gasteiger partial charge on any atom is -0.478 e. The summed E-state index contributed by atoms with van der Waals surface area (Å²) in [4.78, 5) is 25.0. The summed E-state index contributed by atoms with van der Waals surface area (Å²) in [5, 5.41) is 14.1. The first-order valence-corrected chi connectivity index (χ1v) is 7.00. The highest BCUT2D eigenvalue weighted by Gasteiger charge is 2.17. The summed E-state index contributed by atoms with van der Waals surface area (Å²) in [6.07, 6.45) is 4.02. The molecule has 0 atom stereocenters. The Kier molecular flexibility index (Phi) is 4.54. The number of nitrogens with zero attached hydrogens (tertiary/aromatic N) is 2. The summed E-state index contributed by atoms with van der Waals surface area (Å²) in [6.45, 7) is 2.12. The van der Waals surface area contributed by atoms with Gasteiger partial charge < -0.3 is 14.5 Å². The molecule has 0 aliphatic rings. The summed E-state index contributed by atoms with van der Waals surface area (Å²) in [5.74, 6) is -0.662. The Morgan fingerprint density at radius 1 is 1.52 bits per heavy atom. The predicted molar refractivity (Wildman–Crippen MR) is 78.0 cm³/mol. The average Bonchev–Trinajstić information content (AvgIpc) is 3.04. The molecule has 2 rings (SSSR count). The van der Waals surface area contributed by atoms with E-state index in [0.717, 1.165) is 16.5 Å². The van der Waals surface area contributed by atoms with Crippen molar-refractivity contribution in [1.82, 2.24) is 10.1 Å². The van der Waals surface area contributed by atoms with E-state index < -0.39 is 5.97 Å². The van der Waals surface area contributed by atoms with Crippen molar-refractivity contribution in [2.75, 3.05) is 7.05 Å². The Hall–Kier alpha value is -2.41. The van der Waals surface area contributed by atoms with Crippen molar-refractivity contribution in [2.24, 2.45) is 0 Å². The zero-order valence-corrected chi connectivity index (χ0v) is 12.4. The number of aliphatic carboxylic acids is 1. The van der Waals surface area contributed by atoms with Crippen molar-refractivity contribution in [1.29, 1.82) is 0 Å². The molecule has 2 heterocycles. The van der Waals surface area contributed by atoms with E-state index in [1.165, 1.54) is 23.6 Å². The van der Waals surface area contributed by atoms with Crippen LogP contribution >= 0.6 is 11.3 Å². The number of aryl methyl sites for hydroxylation is 1. The van der Waals surface area contributed by atoms with Crippen molar-refractivity contribution in [2.45, 2.75) is 13.5 Å². The van der Waals surface area contributed by atoms with Crippen LogP contribution in [0.5, 0.6) is 0 Å². The molecule has 0 unspecified atom stereocenters. The normalized spacial score (nSPS) is 11.0. The minimum atomic E-state index is -0.986. The Labute approximate surface area is 125 Å². The van der Waals surface area contributed by atoms with E-state index in [9.17, 15) is 9.59 Å². The molecular formula is C14H14N2O4S. The number of amides is 1. The molecule has 7 heteroatoms. The Morgan fingerprint density at radius 2 is 2.29 bits per heavy atom. The van der Waals surface area contributed by atoms with E-state index >= 15 is 0 Å². The second-order valence-corrected chi connectivity index (χ2v) is 5.43. The summed E-state index contributed by atoms with van der Waals surface area (Å²) < 4.78 is 4.88. The van der Waals surface area contributed by atoms with Gasteiger partial charge in [0.05, 0.1) is 6.20 Å². The van der Waals surface area contributed by atoms with Gasteiger partial charge in [-0.2, -0.15) is 0 Å². The fourth-order valence-corrected chi connectivity index (χ4v) is 2.57. The van der Waals surface area contributed by atoms with E-state index in [0.29, 0.717) is 17.9 Å². The van der Waals surface area contributed by atoms with Gasteiger partial charge in [-0.25, -0.2) is 4.79 Å². The quantitative estimate of drug-likeness (QED) is 0.858. The topological polar surface area (TPSA) is 83.6 Å². The zero-order chi connectivity index (χ0) is 15.4. The van der Waals surface area contributed by atoms with Crippen molar-refractivity contribution in [3.05, 3.63) is 45.5 Å². The number of carbonyl (C=O) groups excluding carboxylic acids is 1. The summed E-state index contributed by atoms with van der Waals surface area (Å²) >= 11 is 1.43. The summed E-state index contributed by atoms with van der Waals surface area (Å²) in [5.41, 5.74) is 1.38. The maximum absolute atomic E-state index is 12.2. The highest BCUT2D eigenvalue weighted by atomic mass is 32.1. The van der Waals surface area contributed by atoms with E-state index in [2.05, 4.69) is 5.16 Å². The number of hydrogen-bond donors (Lipinski definition) is 1. The van der Waals surface area contributed by atoms with Crippen LogP contribution in [0.1, 0.15) is 26.6 Å². The van der Waals surface area contributed by atoms with Crippen LogP contribution in [-0.2, 0) is 11.3 Å². The monoisotopic (exact) mass is 306 g/mol. The molecule has 0 saturated heterocycles. The lowest BCUT2D eigenvalue weighted by molar-refractivity contribution is -0.131. The predicted octanol–water partition coefficient (Wildman–Crippen LogP) is 2.41. The smallest absolute Gasteiger partial charge is 0.328 e. The standard InChI is InChI=1S/C14H14N2O4S/c1-9-12(6-15-20-9)14(19)16(2)7-10-5-11(21-8-10)3-4-13(17)18/h3-6,8H,7H2,1-2H3,(H,17,18). The fraction of sp³-hybridized carbons (Fsp3) is 0.214. The summed E-state index contributed by atoms with van der Waals surface area (Å²) in [6, 6.07) is 1.86. The minimum absolute atomic E-state index is 0.164. The SMILES string of the molecule is Cc1oncc1C(=O)N(C)Cc1csc(C=CC(=O)O)c1. The molecule has 1 N–H and O–H groups in total. The first kappa shape index (κ1) is 15.0. The van der Waals surface area contributed by atoms with Gasteiger partial charge in [-0.15, -0.1) is 11.3 Å². The average molecular weight is 306 g/mol. The third-order valence-electron chi connectivity index (χ3n) is 2.81. The third kappa shape index (κ3) is 3.79. The van der Waals surface area contributed by atoms with Gasteiger partial charge in [0.2, 0.25) is 0 Å². The van der Waals surface area contributed by atoms with Crippen LogP contribution in [0.4, 0.5) is 0 Å². The molecule has 2 aromatic rings. The highest BCUT2D eigenvalue weighted by molar-refractivity contribution is 7.11. The van der Waals surface area contributed by atoms with Crippen molar-refractivity contribution < 1.29 is 19.2 Å². The van der Waals surface area contributed by atoms with E-state index in [1.54, 1.807) is 18.9 Å². The molecule has 0 aliphatic carbocycles. The molecule has 0 aromatic carbocycles. The van der Waals surface area contributed by atoms with E-state index in [4.69, 9.17) is 9.63 Å². The summed E-state index contributed by atoms with van der Waals surface area (Å²) in [7, 11) is 1.69. The van der Waals surface area contributed by atoms with Crippen LogP contribution in [0.3, 0.4) is 0 Å². The zero-order valence-electron chi connectivity index (χ0n) is 11.6. The van der Waals surface area contributed by atoms with Crippen LogP contribution in [0.25, 0.3) is 6.08 Å². The van der Waals surface area contributed by atoms with Gasteiger partial charge in [-0.1, -0.05) is 5.16 Å². The third-order valence-corrected chi connectivity index (χ3v) is 3.76. The molecule has 0 spiro atoms. The van der Waals surface area contributed by atoms with E-state index in [1.807, 2.05) is 11.4 Å². The molecule has 0 saturated carbocycles. The van der Waals surface area contributed by atoms with Crippen LogP contribution < -0.4 is 0 Å². The van der Waals surface area contributed by atoms with Gasteiger partial charge in [0, 0.05) is 24.5 Å². The Balaban J connectivity index is 2.03. The molecule has 0 bridgehead atoms. The number of thiophene rings is 1. The number of carbonyl (C=O) groups is 2. The van der Waals surface area contributed by atoms with Gasteiger partial charge in [0.25, 0.3) is 5.91 Å². The lowest BCUT2D eigenvalue weighted by atomic mass is 10.2. The van der Waals surface area contributed by atoms with Gasteiger partial charge >= 0.3 is 5.97 Å². The van der Waals surface area contributed by atoms with Crippen LogP contribution in [-0.4, -0.2) is 34.1 Å². The molecule has 6 nitrogen and oxygen atoms in total. The van der Waals surface area contributed by atoms with Crippen LogP contribution in [0.15, 0.2) is 28.2 Å². The van der Waals surface area contributed by atoms with Gasteiger partial charge in [-0.3, -0.25) is 4.79 Å². The van der Waals surface area contributed by atoms with Crippen molar-refractivity contribution in [3.63, 3.8) is 0 Å². The maximum atomic E-state index is 12.2. The number of carboxylic acid groups (broad SMARTS) is 1. The molecule has 0 radical (unpaired) electrons. The van der Waals surface area contributed by atoms with Crippen molar-refractivity contribution >= 4 is 29.3 Å². The highest BCUT2D eigenvalue weighted by Crippen LogP contribution is 2.19. The van der Waals surface area contributed by atoms with Crippen LogP contribution in [0, 0.1) is 6.92 Å². The number of hydrogen-bond acceptors (Lipinski definition) is 5. The Morgan fingerprint density at radius 3 is 2.90 bits per heavy atom. The second-order valence-electron chi connectivity index (χ2n) is 4.49. The molecule has 2 aromatic heterocycles. The second kappa shape index (κ2) is 6.36. The number of rotatable bonds is 5. The molecule has 0 aliphatic heterocycles. The first-order chi connectivity index (χ1) is 9.97. The van der Waals surface area contributed by atoms with Gasteiger partial charge in [0.1, 0.15) is 11.3 Å².